The standard InChI is InChI=1S/C14H17BrClNO/c1-17(13-8-3-2-7-12(13)15)14(18)10-5-4-6-11(16)9-10/h4-6,9,12-13H,2-3,7-8H2,1H3. The highest BCUT2D eigenvalue weighted by atomic mass is 79.9. The summed E-state index contributed by atoms with van der Waals surface area (Å²) in [6.07, 6.45) is 4.64. The molecule has 0 heterocycles. The van der Waals surface area contributed by atoms with Crippen LogP contribution < -0.4 is 0 Å². The molecule has 0 radical (unpaired) electrons. The number of hydrogen-bond acceptors (Lipinski definition) is 1. The molecule has 0 N–H and O–H groups in total. The fourth-order valence-electron chi connectivity index (χ4n) is 2.48. The summed E-state index contributed by atoms with van der Waals surface area (Å²) in [4.78, 5) is 14.6. The van der Waals surface area contributed by atoms with Crippen LogP contribution in [0.15, 0.2) is 24.3 Å². The first-order valence-corrected chi connectivity index (χ1v) is 7.56. The average Bonchev–Trinajstić information content (AvgIpc) is 2.37. The molecule has 1 aromatic rings. The van der Waals surface area contributed by atoms with Crippen molar-refractivity contribution in [2.75, 3.05) is 7.05 Å². The van der Waals surface area contributed by atoms with Crippen LogP contribution in [0.3, 0.4) is 0 Å². The van der Waals surface area contributed by atoms with Crippen LogP contribution >= 0.6 is 27.5 Å². The van der Waals surface area contributed by atoms with Crippen molar-refractivity contribution in [3.05, 3.63) is 34.9 Å². The van der Waals surface area contributed by atoms with Gasteiger partial charge in [0.25, 0.3) is 5.91 Å². The highest BCUT2D eigenvalue weighted by Gasteiger charge is 2.29. The van der Waals surface area contributed by atoms with Gasteiger partial charge in [0.2, 0.25) is 0 Å². The molecule has 1 aromatic carbocycles. The number of amides is 1. The third kappa shape index (κ3) is 3.07. The molecule has 0 saturated heterocycles. The maximum absolute atomic E-state index is 12.4. The van der Waals surface area contributed by atoms with Crippen molar-refractivity contribution >= 4 is 33.4 Å². The number of alkyl halides is 1. The minimum absolute atomic E-state index is 0.0499. The molecule has 1 amide bonds. The summed E-state index contributed by atoms with van der Waals surface area (Å²) in [5, 5.41) is 0.605. The van der Waals surface area contributed by atoms with Crippen LogP contribution in [0.1, 0.15) is 36.0 Å². The van der Waals surface area contributed by atoms with E-state index in [9.17, 15) is 4.79 Å². The van der Waals surface area contributed by atoms with Gasteiger partial charge in [-0.05, 0) is 31.0 Å². The number of nitrogens with zero attached hydrogens (tertiary/aromatic N) is 1. The van der Waals surface area contributed by atoms with Gasteiger partial charge in [0.1, 0.15) is 0 Å². The van der Waals surface area contributed by atoms with E-state index in [4.69, 9.17) is 11.6 Å². The fraction of sp³-hybridized carbons (Fsp3) is 0.500. The van der Waals surface area contributed by atoms with E-state index in [1.54, 1.807) is 12.1 Å². The van der Waals surface area contributed by atoms with Gasteiger partial charge in [-0.3, -0.25) is 4.79 Å². The highest BCUT2D eigenvalue weighted by molar-refractivity contribution is 9.09. The van der Waals surface area contributed by atoms with Gasteiger partial charge in [-0.1, -0.05) is 46.4 Å². The molecule has 2 rings (SSSR count). The number of halogens is 2. The Hall–Kier alpha value is -0.540. The van der Waals surface area contributed by atoms with Crippen molar-refractivity contribution < 1.29 is 4.79 Å². The number of rotatable bonds is 2. The van der Waals surface area contributed by atoms with Crippen LogP contribution in [0, 0.1) is 0 Å². The van der Waals surface area contributed by atoms with E-state index >= 15 is 0 Å². The minimum atomic E-state index is 0.0499. The fourth-order valence-corrected chi connectivity index (χ4v) is 3.61. The summed E-state index contributed by atoms with van der Waals surface area (Å²) < 4.78 is 0. The third-order valence-corrected chi connectivity index (χ3v) is 4.84. The van der Waals surface area contributed by atoms with Crippen LogP contribution in [-0.2, 0) is 0 Å². The van der Waals surface area contributed by atoms with Crippen molar-refractivity contribution in [3.8, 4) is 0 Å². The predicted molar refractivity (Wildman–Crippen MR) is 78.5 cm³/mol. The number of benzene rings is 1. The lowest BCUT2D eigenvalue weighted by molar-refractivity contribution is 0.0705. The Balaban J connectivity index is 2.13. The molecule has 2 nitrogen and oxygen atoms in total. The molecule has 4 heteroatoms. The monoisotopic (exact) mass is 329 g/mol. The number of carbonyl (C=O) groups excluding carboxylic acids is 1. The zero-order chi connectivity index (χ0) is 13.1. The number of carbonyl (C=O) groups is 1. The normalized spacial score (nSPS) is 23.7. The molecule has 98 valence electrons. The highest BCUT2D eigenvalue weighted by Crippen LogP contribution is 2.28. The molecule has 0 bridgehead atoms. The lowest BCUT2D eigenvalue weighted by Gasteiger charge is -2.35. The molecule has 1 saturated carbocycles. The molecule has 0 aromatic heterocycles. The smallest absolute Gasteiger partial charge is 0.253 e. The molecule has 1 fully saturated rings. The summed E-state index contributed by atoms with van der Waals surface area (Å²) in [7, 11) is 1.88. The molecule has 0 spiro atoms. The average molecular weight is 331 g/mol. The summed E-state index contributed by atoms with van der Waals surface area (Å²) in [5.74, 6) is 0.0499. The van der Waals surface area contributed by atoms with Crippen molar-refractivity contribution in [3.63, 3.8) is 0 Å². The van der Waals surface area contributed by atoms with E-state index in [1.165, 1.54) is 12.8 Å². The predicted octanol–water partition coefficient (Wildman–Crippen LogP) is 4.12. The van der Waals surface area contributed by atoms with Gasteiger partial charge >= 0.3 is 0 Å². The van der Waals surface area contributed by atoms with Crippen LogP contribution in [0.2, 0.25) is 5.02 Å². The second kappa shape index (κ2) is 6.07. The Morgan fingerprint density at radius 1 is 1.39 bits per heavy atom. The van der Waals surface area contributed by atoms with Crippen molar-refractivity contribution in [2.45, 2.75) is 36.6 Å². The van der Waals surface area contributed by atoms with E-state index in [1.807, 2.05) is 24.1 Å². The maximum atomic E-state index is 12.4. The van der Waals surface area contributed by atoms with Crippen molar-refractivity contribution in [2.24, 2.45) is 0 Å². The van der Waals surface area contributed by atoms with Gasteiger partial charge in [0, 0.05) is 28.5 Å². The zero-order valence-corrected chi connectivity index (χ0v) is 12.7. The van der Waals surface area contributed by atoms with E-state index in [0.29, 0.717) is 15.4 Å². The van der Waals surface area contributed by atoms with E-state index in [2.05, 4.69) is 15.9 Å². The molecular formula is C14H17BrClNO. The second-order valence-electron chi connectivity index (χ2n) is 4.79. The van der Waals surface area contributed by atoms with Gasteiger partial charge in [-0.2, -0.15) is 0 Å². The quantitative estimate of drug-likeness (QED) is 0.747. The van der Waals surface area contributed by atoms with Gasteiger partial charge in [-0.15, -0.1) is 0 Å². The lowest BCUT2D eigenvalue weighted by Crippen LogP contribution is -2.44. The Morgan fingerprint density at radius 3 is 2.78 bits per heavy atom. The summed E-state index contributed by atoms with van der Waals surface area (Å²) >= 11 is 9.62. The first-order valence-electron chi connectivity index (χ1n) is 6.26. The summed E-state index contributed by atoms with van der Waals surface area (Å²) in [6.45, 7) is 0. The SMILES string of the molecule is CN(C(=O)c1cccc(Cl)c1)C1CCCCC1Br. The molecular weight excluding hydrogens is 314 g/mol. The molecule has 18 heavy (non-hydrogen) atoms. The number of hydrogen-bond donors (Lipinski definition) is 0. The molecule has 2 atom stereocenters. The van der Waals surface area contributed by atoms with Crippen LogP contribution in [0.5, 0.6) is 0 Å². The topological polar surface area (TPSA) is 20.3 Å². The van der Waals surface area contributed by atoms with E-state index in [0.717, 1.165) is 12.8 Å². The second-order valence-corrected chi connectivity index (χ2v) is 6.41. The third-order valence-electron chi connectivity index (χ3n) is 3.54. The Kier molecular flexibility index (Phi) is 4.68. The van der Waals surface area contributed by atoms with Crippen molar-refractivity contribution in [1.82, 2.24) is 4.90 Å². The largest absolute Gasteiger partial charge is 0.338 e. The molecule has 2 unspecified atom stereocenters. The van der Waals surface area contributed by atoms with Gasteiger partial charge in [-0.25, -0.2) is 0 Å². The molecule has 1 aliphatic carbocycles. The summed E-state index contributed by atoms with van der Waals surface area (Å²) in [6, 6.07) is 7.43. The molecule has 0 aliphatic heterocycles. The van der Waals surface area contributed by atoms with Gasteiger partial charge in [0.15, 0.2) is 0 Å². The van der Waals surface area contributed by atoms with Crippen molar-refractivity contribution in [1.29, 1.82) is 0 Å². The zero-order valence-electron chi connectivity index (χ0n) is 10.4. The van der Waals surface area contributed by atoms with Crippen LogP contribution in [0.4, 0.5) is 0 Å². The lowest BCUT2D eigenvalue weighted by atomic mass is 9.94. The first kappa shape index (κ1) is 13.9. The Labute approximate surface area is 121 Å². The van der Waals surface area contributed by atoms with Gasteiger partial charge in [0.05, 0.1) is 0 Å². The molecule has 1 aliphatic rings. The Morgan fingerprint density at radius 2 is 2.11 bits per heavy atom. The van der Waals surface area contributed by atoms with E-state index < -0.39 is 0 Å². The maximum Gasteiger partial charge on any atom is 0.253 e. The first-order chi connectivity index (χ1) is 8.59. The Bertz CT molecular complexity index is 438. The van der Waals surface area contributed by atoms with Gasteiger partial charge < -0.3 is 4.90 Å². The van der Waals surface area contributed by atoms with Crippen LogP contribution in [-0.4, -0.2) is 28.7 Å². The van der Waals surface area contributed by atoms with Crippen LogP contribution in [0.25, 0.3) is 0 Å². The summed E-state index contributed by atoms with van der Waals surface area (Å²) in [5.41, 5.74) is 0.662. The minimum Gasteiger partial charge on any atom is -0.338 e. The van der Waals surface area contributed by atoms with E-state index in [-0.39, 0.29) is 11.9 Å².